The number of amides is 1. The van der Waals surface area contributed by atoms with Crippen LogP contribution in [0.3, 0.4) is 0 Å². The fraction of sp³-hybridized carbons (Fsp3) is 0.350. The summed E-state index contributed by atoms with van der Waals surface area (Å²) < 4.78 is 29.2. The van der Waals surface area contributed by atoms with Gasteiger partial charge >= 0.3 is 0 Å². The molecule has 0 heterocycles. The van der Waals surface area contributed by atoms with Gasteiger partial charge in [-0.1, -0.05) is 12.1 Å². The minimum atomic E-state index is -0.312. The van der Waals surface area contributed by atoms with Crippen LogP contribution in [0.25, 0.3) is 0 Å². The minimum Gasteiger partial charge on any atom is -0.493 e. The average Bonchev–Trinajstić information content (AvgIpc) is 3.47. The molecular formula is C20H22FNO4. The summed E-state index contributed by atoms with van der Waals surface area (Å²) in [5.41, 5.74) is 1.37. The van der Waals surface area contributed by atoms with Crippen LogP contribution in [0.15, 0.2) is 36.4 Å². The molecule has 0 bridgehead atoms. The van der Waals surface area contributed by atoms with Crippen LogP contribution >= 0.6 is 0 Å². The third kappa shape index (κ3) is 3.74. The van der Waals surface area contributed by atoms with Crippen LogP contribution in [-0.2, 0) is 4.79 Å². The van der Waals surface area contributed by atoms with Crippen LogP contribution in [0.1, 0.15) is 24.3 Å². The predicted molar refractivity (Wildman–Crippen MR) is 96.6 cm³/mol. The predicted octanol–water partition coefficient (Wildman–Crippen LogP) is 3.98. The number of nitrogens with one attached hydrogen (secondary N) is 1. The molecule has 3 rings (SSSR count). The lowest BCUT2D eigenvalue weighted by Crippen LogP contribution is -2.23. The molecule has 2 aromatic carbocycles. The number of methoxy groups -OCH3 is 3. The van der Waals surface area contributed by atoms with Crippen molar-refractivity contribution in [1.82, 2.24) is 0 Å². The molecule has 2 aromatic rings. The quantitative estimate of drug-likeness (QED) is 0.812. The average molecular weight is 359 g/mol. The highest BCUT2D eigenvalue weighted by atomic mass is 19.1. The maximum Gasteiger partial charge on any atom is 0.232 e. The molecular weight excluding hydrogens is 337 g/mol. The van der Waals surface area contributed by atoms with Gasteiger partial charge in [0.25, 0.3) is 0 Å². The van der Waals surface area contributed by atoms with Crippen molar-refractivity contribution in [2.75, 3.05) is 26.6 Å². The van der Waals surface area contributed by atoms with Gasteiger partial charge in [-0.25, -0.2) is 4.39 Å². The highest BCUT2D eigenvalue weighted by Gasteiger charge is 2.37. The van der Waals surface area contributed by atoms with E-state index in [4.69, 9.17) is 14.2 Å². The van der Waals surface area contributed by atoms with E-state index in [1.807, 2.05) is 0 Å². The normalized spacial score (nSPS) is 14.5. The number of rotatable bonds is 7. The summed E-state index contributed by atoms with van der Waals surface area (Å²) >= 11 is 0. The number of anilines is 1. The fourth-order valence-electron chi connectivity index (χ4n) is 3.11. The third-order valence-electron chi connectivity index (χ3n) is 4.54. The van der Waals surface area contributed by atoms with E-state index in [2.05, 4.69) is 5.32 Å². The molecule has 1 amide bonds. The summed E-state index contributed by atoms with van der Waals surface area (Å²) in [6.45, 7) is 0. The molecule has 0 saturated heterocycles. The zero-order valence-electron chi connectivity index (χ0n) is 15.0. The molecule has 1 fully saturated rings. The summed E-state index contributed by atoms with van der Waals surface area (Å²) in [6.07, 6.45) is 1.98. The van der Waals surface area contributed by atoms with Crippen LogP contribution in [0.5, 0.6) is 17.2 Å². The number of benzene rings is 2. The second-order valence-corrected chi connectivity index (χ2v) is 6.27. The third-order valence-corrected chi connectivity index (χ3v) is 4.54. The van der Waals surface area contributed by atoms with E-state index in [-0.39, 0.29) is 23.6 Å². The molecule has 26 heavy (non-hydrogen) atoms. The van der Waals surface area contributed by atoms with Gasteiger partial charge in [0.15, 0.2) is 11.5 Å². The Hall–Kier alpha value is -2.76. The molecule has 1 atom stereocenters. The first-order chi connectivity index (χ1) is 12.6. The molecule has 0 radical (unpaired) electrons. The standard InChI is InChI=1S/C20H22FNO4/c1-24-16-10-15(11-17(25-2)19(16)26-3)22-20(23)18(12-4-5-12)13-6-8-14(21)9-7-13/h6-12,18H,4-5H2,1-3H3,(H,22,23). The van der Waals surface area contributed by atoms with Gasteiger partial charge in [0.05, 0.1) is 27.2 Å². The van der Waals surface area contributed by atoms with Gasteiger partial charge < -0.3 is 19.5 Å². The molecule has 1 unspecified atom stereocenters. The van der Waals surface area contributed by atoms with Gasteiger partial charge in [-0.15, -0.1) is 0 Å². The van der Waals surface area contributed by atoms with Crippen molar-refractivity contribution in [2.45, 2.75) is 18.8 Å². The Morgan fingerprint density at radius 2 is 1.62 bits per heavy atom. The molecule has 1 N–H and O–H groups in total. The summed E-state index contributed by atoms with van der Waals surface area (Å²) in [5.74, 6) is 0.919. The Balaban J connectivity index is 1.87. The number of hydrogen-bond donors (Lipinski definition) is 1. The van der Waals surface area contributed by atoms with Gasteiger partial charge in [0.1, 0.15) is 5.82 Å². The number of halogens is 1. The topological polar surface area (TPSA) is 56.8 Å². The van der Waals surface area contributed by atoms with Gasteiger partial charge in [-0.2, -0.15) is 0 Å². The van der Waals surface area contributed by atoms with Crippen molar-refractivity contribution in [2.24, 2.45) is 5.92 Å². The van der Waals surface area contributed by atoms with E-state index in [1.165, 1.54) is 33.5 Å². The van der Waals surface area contributed by atoms with E-state index >= 15 is 0 Å². The first-order valence-corrected chi connectivity index (χ1v) is 8.43. The Bertz CT molecular complexity index is 762. The monoisotopic (exact) mass is 359 g/mol. The van der Waals surface area contributed by atoms with Crippen LogP contribution in [0, 0.1) is 11.7 Å². The van der Waals surface area contributed by atoms with Crippen LogP contribution < -0.4 is 19.5 Å². The van der Waals surface area contributed by atoms with Gasteiger partial charge in [0, 0.05) is 17.8 Å². The molecule has 138 valence electrons. The van der Waals surface area contributed by atoms with Crippen molar-refractivity contribution in [1.29, 1.82) is 0 Å². The highest BCUT2D eigenvalue weighted by molar-refractivity contribution is 5.97. The highest BCUT2D eigenvalue weighted by Crippen LogP contribution is 2.44. The van der Waals surface area contributed by atoms with Crippen molar-refractivity contribution >= 4 is 11.6 Å². The SMILES string of the molecule is COc1cc(NC(=O)C(c2ccc(F)cc2)C2CC2)cc(OC)c1OC. The molecule has 0 aliphatic heterocycles. The van der Waals surface area contributed by atoms with E-state index in [9.17, 15) is 9.18 Å². The summed E-state index contributed by atoms with van der Waals surface area (Å²) in [4.78, 5) is 12.9. The van der Waals surface area contributed by atoms with Crippen molar-refractivity contribution in [3.05, 3.63) is 47.8 Å². The fourth-order valence-corrected chi connectivity index (χ4v) is 3.11. The lowest BCUT2D eigenvalue weighted by atomic mass is 9.93. The lowest BCUT2D eigenvalue weighted by molar-refractivity contribution is -0.118. The molecule has 1 saturated carbocycles. The van der Waals surface area contributed by atoms with Gasteiger partial charge in [0.2, 0.25) is 11.7 Å². The Morgan fingerprint density at radius 3 is 2.08 bits per heavy atom. The van der Waals surface area contributed by atoms with E-state index in [1.54, 1.807) is 24.3 Å². The van der Waals surface area contributed by atoms with Crippen LogP contribution in [-0.4, -0.2) is 27.2 Å². The first kappa shape index (κ1) is 18.0. The van der Waals surface area contributed by atoms with E-state index in [0.717, 1.165) is 18.4 Å². The van der Waals surface area contributed by atoms with E-state index < -0.39 is 0 Å². The van der Waals surface area contributed by atoms with Crippen LogP contribution in [0.2, 0.25) is 0 Å². The second-order valence-electron chi connectivity index (χ2n) is 6.27. The molecule has 0 aromatic heterocycles. The minimum absolute atomic E-state index is 0.131. The molecule has 1 aliphatic carbocycles. The Labute approximate surface area is 152 Å². The summed E-state index contributed by atoms with van der Waals surface area (Å²) in [7, 11) is 4.57. The first-order valence-electron chi connectivity index (χ1n) is 8.43. The van der Waals surface area contributed by atoms with Crippen molar-refractivity contribution in [3.63, 3.8) is 0 Å². The van der Waals surface area contributed by atoms with Crippen LogP contribution in [0.4, 0.5) is 10.1 Å². The molecule has 1 aliphatic rings. The Morgan fingerprint density at radius 1 is 1.04 bits per heavy atom. The number of carbonyl (C=O) groups is 1. The zero-order valence-corrected chi connectivity index (χ0v) is 15.0. The molecule has 5 nitrogen and oxygen atoms in total. The second kappa shape index (κ2) is 7.64. The van der Waals surface area contributed by atoms with Gasteiger partial charge in [-0.3, -0.25) is 4.79 Å². The lowest BCUT2D eigenvalue weighted by Gasteiger charge is -2.18. The summed E-state index contributed by atoms with van der Waals surface area (Å²) in [5, 5.41) is 2.93. The maximum absolute atomic E-state index is 13.2. The largest absolute Gasteiger partial charge is 0.493 e. The van der Waals surface area contributed by atoms with Crippen molar-refractivity contribution < 1.29 is 23.4 Å². The number of ether oxygens (including phenoxy) is 3. The molecule has 0 spiro atoms. The van der Waals surface area contributed by atoms with Gasteiger partial charge in [-0.05, 0) is 36.5 Å². The maximum atomic E-state index is 13.2. The van der Waals surface area contributed by atoms with Crippen molar-refractivity contribution in [3.8, 4) is 17.2 Å². The van der Waals surface area contributed by atoms with E-state index in [0.29, 0.717) is 22.9 Å². The Kier molecular flexibility index (Phi) is 5.30. The molecule has 6 heteroatoms. The smallest absolute Gasteiger partial charge is 0.232 e. The zero-order chi connectivity index (χ0) is 18.7. The number of carbonyl (C=O) groups excluding carboxylic acids is 1. The number of hydrogen-bond acceptors (Lipinski definition) is 4. The summed E-state index contributed by atoms with van der Waals surface area (Å²) in [6, 6.07) is 9.50.